The van der Waals surface area contributed by atoms with E-state index in [1.54, 1.807) is 42.7 Å². The second-order valence-electron chi connectivity index (χ2n) is 6.90. The summed E-state index contributed by atoms with van der Waals surface area (Å²) in [6, 6.07) is 16.5. The summed E-state index contributed by atoms with van der Waals surface area (Å²) < 4.78 is 31.0. The SMILES string of the molecule is COc1ccccc1S(=O)(=O)c1ccc(NC(=O)C2CC2c2cccnc2)cc1. The van der Waals surface area contributed by atoms with Gasteiger partial charge >= 0.3 is 0 Å². The Balaban J connectivity index is 1.46. The summed E-state index contributed by atoms with van der Waals surface area (Å²) in [6.45, 7) is 0. The van der Waals surface area contributed by atoms with Gasteiger partial charge in [0.2, 0.25) is 15.7 Å². The largest absolute Gasteiger partial charge is 0.495 e. The lowest BCUT2D eigenvalue weighted by atomic mass is 10.1. The first-order valence-corrected chi connectivity index (χ1v) is 10.7. The van der Waals surface area contributed by atoms with Gasteiger partial charge in [-0.2, -0.15) is 0 Å². The summed E-state index contributed by atoms with van der Waals surface area (Å²) in [5, 5.41) is 2.87. The number of aromatic nitrogens is 1. The van der Waals surface area contributed by atoms with Crippen LogP contribution in [0.1, 0.15) is 17.9 Å². The molecule has 1 aliphatic carbocycles. The number of ether oxygens (including phenoxy) is 1. The van der Waals surface area contributed by atoms with Gasteiger partial charge in [-0.15, -0.1) is 0 Å². The van der Waals surface area contributed by atoms with Crippen LogP contribution < -0.4 is 10.1 Å². The van der Waals surface area contributed by atoms with Gasteiger partial charge in [-0.25, -0.2) is 8.42 Å². The van der Waals surface area contributed by atoms with E-state index in [1.165, 1.54) is 25.3 Å². The van der Waals surface area contributed by atoms with Gasteiger partial charge in [-0.1, -0.05) is 18.2 Å². The molecule has 0 aliphatic heterocycles. The molecule has 1 amide bonds. The molecule has 2 aromatic carbocycles. The Hall–Kier alpha value is -3.19. The van der Waals surface area contributed by atoms with Gasteiger partial charge < -0.3 is 10.1 Å². The monoisotopic (exact) mass is 408 g/mol. The number of methoxy groups -OCH3 is 1. The Morgan fingerprint density at radius 1 is 1.07 bits per heavy atom. The smallest absolute Gasteiger partial charge is 0.228 e. The van der Waals surface area contributed by atoms with Crippen LogP contribution in [0.4, 0.5) is 5.69 Å². The third kappa shape index (κ3) is 3.86. The number of benzene rings is 2. The van der Waals surface area contributed by atoms with Crippen molar-refractivity contribution >= 4 is 21.4 Å². The van der Waals surface area contributed by atoms with Crippen LogP contribution in [0.15, 0.2) is 82.8 Å². The van der Waals surface area contributed by atoms with Crippen LogP contribution in [0.5, 0.6) is 5.75 Å². The molecule has 1 fully saturated rings. The van der Waals surface area contributed by atoms with Crippen LogP contribution >= 0.6 is 0 Å². The number of hydrogen-bond donors (Lipinski definition) is 1. The number of carbonyl (C=O) groups excluding carboxylic acids is 1. The van der Waals surface area contributed by atoms with Crippen molar-refractivity contribution < 1.29 is 17.9 Å². The zero-order valence-corrected chi connectivity index (χ0v) is 16.6. The molecule has 1 aromatic heterocycles. The molecule has 29 heavy (non-hydrogen) atoms. The van der Waals surface area contributed by atoms with E-state index in [0.717, 1.165) is 12.0 Å². The van der Waals surface area contributed by atoms with Gasteiger partial charge in [0.15, 0.2) is 0 Å². The number of carbonyl (C=O) groups is 1. The number of nitrogens with one attached hydrogen (secondary N) is 1. The maximum absolute atomic E-state index is 12.9. The number of sulfone groups is 1. The van der Waals surface area contributed by atoms with Gasteiger partial charge in [-0.05, 0) is 60.4 Å². The highest BCUT2D eigenvalue weighted by Gasteiger charge is 2.44. The Labute approximate surface area is 169 Å². The lowest BCUT2D eigenvalue weighted by Crippen LogP contribution is -2.14. The number of hydrogen-bond acceptors (Lipinski definition) is 5. The average Bonchev–Trinajstić information content (AvgIpc) is 3.56. The van der Waals surface area contributed by atoms with Crippen molar-refractivity contribution in [2.45, 2.75) is 22.1 Å². The third-order valence-corrected chi connectivity index (χ3v) is 6.84. The molecule has 1 aliphatic rings. The second-order valence-corrected chi connectivity index (χ2v) is 8.82. The zero-order chi connectivity index (χ0) is 20.4. The maximum atomic E-state index is 12.9. The summed E-state index contributed by atoms with van der Waals surface area (Å²) in [4.78, 5) is 16.8. The fourth-order valence-electron chi connectivity index (χ4n) is 3.37. The number of pyridine rings is 1. The molecule has 0 radical (unpaired) electrons. The fraction of sp³-hybridized carbons (Fsp3) is 0.182. The molecule has 4 rings (SSSR count). The molecule has 2 atom stereocenters. The molecule has 0 spiro atoms. The summed E-state index contributed by atoms with van der Waals surface area (Å²) in [7, 11) is -2.29. The molecule has 6 nitrogen and oxygen atoms in total. The van der Waals surface area contributed by atoms with Gasteiger partial charge in [0.25, 0.3) is 0 Å². The number of rotatable bonds is 6. The first-order valence-electron chi connectivity index (χ1n) is 9.19. The summed E-state index contributed by atoms with van der Waals surface area (Å²) in [5.74, 6) is 0.323. The van der Waals surface area contributed by atoms with E-state index in [0.29, 0.717) is 11.4 Å². The van der Waals surface area contributed by atoms with Gasteiger partial charge in [0.05, 0.1) is 12.0 Å². The molecule has 148 valence electrons. The zero-order valence-electron chi connectivity index (χ0n) is 15.8. The van der Waals surface area contributed by atoms with Crippen molar-refractivity contribution in [3.8, 4) is 5.75 Å². The van der Waals surface area contributed by atoms with Crippen LogP contribution in [0.3, 0.4) is 0 Å². The molecular weight excluding hydrogens is 388 g/mol. The topological polar surface area (TPSA) is 85.4 Å². The minimum atomic E-state index is -3.72. The average molecular weight is 408 g/mol. The number of nitrogens with zero attached hydrogens (tertiary/aromatic N) is 1. The molecule has 0 saturated heterocycles. The number of amides is 1. The summed E-state index contributed by atoms with van der Waals surface area (Å²) in [5.41, 5.74) is 1.62. The Bertz CT molecular complexity index is 1130. The van der Waals surface area contributed by atoms with Gasteiger partial charge in [-0.3, -0.25) is 9.78 Å². The molecule has 0 bridgehead atoms. The van der Waals surface area contributed by atoms with Gasteiger partial charge in [0.1, 0.15) is 10.6 Å². The first kappa shape index (κ1) is 19.1. The van der Waals surface area contributed by atoms with E-state index >= 15 is 0 Å². The minimum absolute atomic E-state index is 0.0702. The Morgan fingerprint density at radius 3 is 2.52 bits per heavy atom. The van der Waals surface area contributed by atoms with E-state index in [1.807, 2.05) is 12.1 Å². The molecule has 7 heteroatoms. The van der Waals surface area contributed by atoms with Crippen LogP contribution in [0.2, 0.25) is 0 Å². The first-order chi connectivity index (χ1) is 14.0. The normalized spacial score (nSPS) is 18.1. The van der Waals surface area contributed by atoms with E-state index in [9.17, 15) is 13.2 Å². The number of anilines is 1. The van der Waals surface area contributed by atoms with Crippen molar-refractivity contribution in [2.24, 2.45) is 5.92 Å². The van der Waals surface area contributed by atoms with E-state index < -0.39 is 9.84 Å². The molecule has 1 heterocycles. The lowest BCUT2D eigenvalue weighted by molar-refractivity contribution is -0.117. The second kappa shape index (κ2) is 7.67. The molecule has 1 saturated carbocycles. The predicted octanol–water partition coefficient (Wildman–Crippen LogP) is 3.67. The molecular formula is C22H20N2O4S. The molecule has 1 N–H and O–H groups in total. The summed E-state index contributed by atoms with van der Waals surface area (Å²) in [6.07, 6.45) is 4.29. The van der Waals surface area contributed by atoms with Crippen molar-refractivity contribution in [1.29, 1.82) is 0 Å². The predicted molar refractivity (Wildman–Crippen MR) is 109 cm³/mol. The fourth-order valence-corrected chi connectivity index (χ4v) is 4.79. The maximum Gasteiger partial charge on any atom is 0.228 e. The summed E-state index contributed by atoms with van der Waals surface area (Å²) >= 11 is 0. The number of para-hydroxylation sites is 1. The Morgan fingerprint density at radius 2 is 1.83 bits per heavy atom. The van der Waals surface area contributed by atoms with E-state index in [-0.39, 0.29) is 27.5 Å². The van der Waals surface area contributed by atoms with Crippen molar-refractivity contribution in [3.63, 3.8) is 0 Å². The minimum Gasteiger partial charge on any atom is -0.495 e. The van der Waals surface area contributed by atoms with Crippen LogP contribution in [-0.4, -0.2) is 26.4 Å². The standard InChI is InChI=1S/C22H20N2O4S/c1-28-20-6-2-3-7-21(20)29(26,27)17-10-8-16(9-11-17)24-22(25)19-13-18(19)15-5-4-12-23-14-15/h2-12,14,18-19H,13H2,1H3,(H,24,25). The lowest BCUT2D eigenvalue weighted by Gasteiger charge is -2.10. The van der Waals surface area contributed by atoms with Crippen LogP contribution in [0, 0.1) is 5.92 Å². The van der Waals surface area contributed by atoms with E-state index in [4.69, 9.17) is 4.74 Å². The van der Waals surface area contributed by atoms with Crippen LogP contribution in [-0.2, 0) is 14.6 Å². The highest BCUT2D eigenvalue weighted by Crippen LogP contribution is 2.47. The van der Waals surface area contributed by atoms with Crippen molar-refractivity contribution in [1.82, 2.24) is 4.98 Å². The highest BCUT2D eigenvalue weighted by atomic mass is 32.2. The quantitative estimate of drug-likeness (QED) is 0.673. The van der Waals surface area contributed by atoms with E-state index in [2.05, 4.69) is 10.3 Å². The molecule has 2 unspecified atom stereocenters. The Kier molecular flexibility index (Phi) is 5.07. The van der Waals surface area contributed by atoms with Crippen molar-refractivity contribution in [2.75, 3.05) is 12.4 Å². The van der Waals surface area contributed by atoms with Gasteiger partial charge in [0, 0.05) is 24.0 Å². The van der Waals surface area contributed by atoms with Crippen LogP contribution in [0.25, 0.3) is 0 Å². The third-order valence-electron chi connectivity index (χ3n) is 5.03. The van der Waals surface area contributed by atoms with Crippen molar-refractivity contribution in [3.05, 3.63) is 78.6 Å². The molecule has 3 aromatic rings. The highest BCUT2D eigenvalue weighted by molar-refractivity contribution is 7.91.